The van der Waals surface area contributed by atoms with Crippen LogP contribution in [0.1, 0.15) is 41.6 Å². The molecule has 0 fully saturated rings. The van der Waals surface area contributed by atoms with E-state index in [0.717, 1.165) is 22.9 Å². The molecule has 0 atom stereocenters. The van der Waals surface area contributed by atoms with E-state index in [1.807, 2.05) is 6.07 Å². The maximum absolute atomic E-state index is 5.91. The fourth-order valence-corrected chi connectivity index (χ4v) is 2.83. The van der Waals surface area contributed by atoms with Crippen LogP contribution in [0.4, 0.5) is 0 Å². The minimum atomic E-state index is 0.473. The van der Waals surface area contributed by atoms with Gasteiger partial charge < -0.3 is 10.5 Å². The average Bonchev–Trinajstić information content (AvgIpc) is 2.87. The van der Waals surface area contributed by atoms with Gasteiger partial charge in [0, 0.05) is 11.3 Å². The van der Waals surface area contributed by atoms with Crippen LogP contribution < -0.4 is 10.5 Å². The molecule has 2 aromatic rings. The van der Waals surface area contributed by atoms with Crippen LogP contribution in [0.3, 0.4) is 0 Å². The molecule has 1 aromatic heterocycles. The smallest absolute Gasteiger partial charge is 0.131 e. The van der Waals surface area contributed by atoms with Gasteiger partial charge in [0.25, 0.3) is 0 Å². The molecule has 0 amide bonds. The van der Waals surface area contributed by atoms with Crippen molar-refractivity contribution >= 4 is 11.3 Å². The molecule has 0 aliphatic heterocycles. The third-order valence-corrected chi connectivity index (χ3v) is 4.26. The molecular formula is C16H22N2OS. The van der Waals surface area contributed by atoms with Gasteiger partial charge in [0.15, 0.2) is 0 Å². The molecule has 0 bridgehead atoms. The molecule has 0 radical (unpaired) electrons. The maximum atomic E-state index is 5.91. The molecule has 4 heteroatoms. The van der Waals surface area contributed by atoms with Gasteiger partial charge >= 0.3 is 0 Å². The lowest BCUT2D eigenvalue weighted by Crippen LogP contribution is -2.06. The topological polar surface area (TPSA) is 48.1 Å². The number of hydrogen-bond acceptors (Lipinski definition) is 4. The van der Waals surface area contributed by atoms with Gasteiger partial charge in [-0.15, -0.1) is 11.3 Å². The summed E-state index contributed by atoms with van der Waals surface area (Å²) < 4.78 is 5.91. The second-order valence-corrected chi connectivity index (χ2v) is 6.16. The summed E-state index contributed by atoms with van der Waals surface area (Å²) in [4.78, 5) is 4.59. The van der Waals surface area contributed by atoms with Gasteiger partial charge in [-0.05, 0) is 31.5 Å². The van der Waals surface area contributed by atoms with Gasteiger partial charge in [-0.3, -0.25) is 0 Å². The summed E-state index contributed by atoms with van der Waals surface area (Å²) in [7, 11) is 0. The van der Waals surface area contributed by atoms with Crippen LogP contribution in [-0.2, 0) is 13.0 Å². The monoisotopic (exact) mass is 290 g/mol. The van der Waals surface area contributed by atoms with Crippen molar-refractivity contribution < 1.29 is 4.74 Å². The zero-order chi connectivity index (χ0) is 14.5. The quantitative estimate of drug-likeness (QED) is 0.883. The molecule has 1 aromatic carbocycles. The average molecular weight is 290 g/mol. The van der Waals surface area contributed by atoms with E-state index >= 15 is 0 Å². The van der Waals surface area contributed by atoms with E-state index in [2.05, 4.69) is 43.3 Å². The first kappa shape index (κ1) is 15.0. The highest BCUT2D eigenvalue weighted by atomic mass is 32.1. The van der Waals surface area contributed by atoms with Crippen molar-refractivity contribution in [1.82, 2.24) is 4.98 Å². The van der Waals surface area contributed by atoms with E-state index < -0.39 is 0 Å². The summed E-state index contributed by atoms with van der Waals surface area (Å²) in [6.45, 7) is 7.54. The first-order valence-corrected chi connectivity index (χ1v) is 7.84. The highest BCUT2D eigenvalue weighted by molar-refractivity contribution is 7.09. The molecule has 0 spiro atoms. The molecule has 2 rings (SSSR count). The molecule has 0 unspecified atom stereocenters. The van der Waals surface area contributed by atoms with Gasteiger partial charge in [-0.1, -0.05) is 31.5 Å². The van der Waals surface area contributed by atoms with Gasteiger partial charge in [0.2, 0.25) is 0 Å². The SMILES string of the molecule is Cc1ccc(OCc2csc(C(C)C)n2)c(CCN)c1. The highest BCUT2D eigenvalue weighted by Crippen LogP contribution is 2.23. The zero-order valence-electron chi connectivity index (χ0n) is 12.3. The van der Waals surface area contributed by atoms with Crippen LogP contribution in [0.25, 0.3) is 0 Å². The fourth-order valence-electron chi connectivity index (χ4n) is 2.01. The molecule has 20 heavy (non-hydrogen) atoms. The molecular weight excluding hydrogens is 268 g/mol. The van der Waals surface area contributed by atoms with Crippen LogP contribution in [0.5, 0.6) is 5.75 Å². The van der Waals surface area contributed by atoms with Crippen LogP contribution in [-0.4, -0.2) is 11.5 Å². The standard InChI is InChI=1S/C16H22N2OS/c1-11(2)16-18-14(10-20-16)9-19-15-5-4-12(3)8-13(15)6-7-17/h4-5,8,10-11H,6-7,9,17H2,1-3H3. The lowest BCUT2D eigenvalue weighted by Gasteiger charge is -2.11. The van der Waals surface area contributed by atoms with Gasteiger partial charge in [0.1, 0.15) is 12.4 Å². The second kappa shape index (κ2) is 6.86. The molecule has 108 valence electrons. The number of benzene rings is 1. The largest absolute Gasteiger partial charge is 0.487 e. The predicted molar refractivity (Wildman–Crippen MR) is 84.5 cm³/mol. The number of thiazole rings is 1. The molecule has 2 N–H and O–H groups in total. The van der Waals surface area contributed by atoms with E-state index in [9.17, 15) is 0 Å². The van der Waals surface area contributed by atoms with E-state index in [1.165, 1.54) is 11.1 Å². The van der Waals surface area contributed by atoms with Gasteiger partial charge in [-0.25, -0.2) is 4.98 Å². The first-order valence-electron chi connectivity index (χ1n) is 6.97. The van der Waals surface area contributed by atoms with Crippen molar-refractivity contribution in [3.8, 4) is 5.75 Å². The number of ether oxygens (including phenoxy) is 1. The van der Waals surface area contributed by atoms with E-state index in [4.69, 9.17) is 10.5 Å². The fraction of sp³-hybridized carbons (Fsp3) is 0.438. The second-order valence-electron chi connectivity index (χ2n) is 5.27. The Balaban J connectivity index is 2.06. The van der Waals surface area contributed by atoms with Crippen molar-refractivity contribution in [1.29, 1.82) is 0 Å². The van der Waals surface area contributed by atoms with E-state index in [-0.39, 0.29) is 0 Å². The van der Waals surface area contributed by atoms with E-state index in [1.54, 1.807) is 11.3 Å². The van der Waals surface area contributed by atoms with Crippen molar-refractivity contribution in [2.45, 2.75) is 39.7 Å². The number of nitrogens with two attached hydrogens (primary N) is 1. The predicted octanol–water partition coefficient (Wildman–Crippen LogP) is 3.66. The van der Waals surface area contributed by atoms with Crippen molar-refractivity contribution in [3.63, 3.8) is 0 Å². The minimum Gasteiger partial charge on any atom is -0.487 e. The van der Waals surface area contributed by atoms with Crippen LogP contribution >= 0.6 is 11.3 Å². The highest BCUT2D eigenvalue weighted by Gasteiger charge is 2.08. The summed E-state index contributed by atoms with van der Waals surface area (Å²) >= 11 is 1.70. The number of nitrogens with zero attached hydrogens (tertiary/aromatic N) is 1. The third kappa shape index (κ3) is 3.81. The van der Waals surface area contributed by atoms with Crippen molar-refractivity contribution in [3.05, 3.63) is 45.4 Å². The molecule has 3 nitrogen and oxygen atoms in total. The Morgan fingerprint density at radius 3 is 2.80 bits per heavy atom. The minimum absolute atomic E-state index is 0.473. The lowest BCUT2D eigenvalue weighted by atomic mass is 10.1. The normalized spacial score (nSPS) is 11.1. The third-order valence-electron chi connectivity index (χ3n) is 3.07. The molecule has 1 heterocycles. The number of hydrogen-bond donors (Lipinski definition) is 1. The Morgan fingerprint density at radius 2 is 2.15 bits per heavy atom. The Morgan fingerprint density at radius 1 is 1.35 bits per heavy atom. The maximum Gasteiger partial charge on any atom is 0.131 e. The molecule has 0 aliphatic rings. The Bertz CT molecular complexity index is 563. The molecule has 0 saturated carbocycles. The van der Waals surface area contributed by atoms with Crippen LogP contribution in [0, 0.1) is 6.92 Å². The van der Waals surface area contributed by atoms with Crippen molar-refractivity contribution in [2.24, 2.45) is 5.73 Å². The number of aryl methyl sites for hydroxylation is 1. The lowest BCUT2D eigenvalue weighted by molar-refractivity contribution is 0.298. The number of rotatable bonds is 6. The Kier molecular flexibility index (Phi) is 5.15. The Hall–Kier alpha value is -1.39. The summed E-state index contributed by atoms with van der Waals surface area (Å²) in [5.41, 5.74) is 9.06. The molecule has 0 aliphatic carbocycles. The Labute approximate surface area is 124 Å². The summed E-state index contributed by atoms with van der Waals surface area (Å²) in [5.74, 6) is 1.39. The summed E-state index contributed by atoms with van der Waals surface area (Å²) in [6.07, 6.45) is 0.839. The van der Waals surface area contributed by atoms with Gasteiger partial charge in [-0.2, -0.15) is 0 Å². The molecule has 0 saturated heterocycles. The van der Waals surface area contributed by atoms with Crippen molar-refractivity contribution in [2.75, 3.05) is 6.54 Å². The summed E-state index contributed by atoms with van der Waals surface area (Å²) in [5, 5.41) is 3.24. The van der Waals surface area contributed by atoms with Crippen LogP contribution in [0.2, 0.25) is 0 Å². The summed E-state index contributed by atoms with van der Waals surface area (Å²) in [6, 6.07) is 6.23. The van der Waals surface area contributed by atoms with Gasteiger partial charge in [0.05, 0.1) is 10.7 Å². The number of aromatic nitrogens is 1. The van der Waals surface area contributed by atoms with Crippen LogP contribution in [0.15, 0.2) is 23.6 Å². The zero-order valence-corrected chi connectivity index (χ0v) is 13.2. The van der Waals surface area contributed by atoms with E-state index in [0.29, 0.717) is 19.1 Å². The first-order chi connectivity index (χ1) is 9.60.